The zero-order valence-corrected chi connectivity index (χ0v) is 10.0. The fourth-order valence-corrected chi connectivity index (χ4v) is 1.31. The normalized spacial score (nSPS) is 9.89. The van der Waals surface area contributed by atoms with Crippen LogP contribution in [0.2, 0.25) is 0 Å². The average Bonchev–Trinajstić information content (AvgIpc) is 2.41. The first-order valence-corrected chi connectivity index (χ1v) is 5.18. The number of ether oxygens (including phenoxy) is 2. The summed E-state index contributed by atoms with van der Waals surface area (Å²) in [6.07, 6.45) is 0. The van der Waals surface area contributed by atoms with Crippen LogP contribution in [-0.2, 0) is 0 Å². The molecule has 7 heteroatoms. The van der Waals surface area contributed by atoms with Gasteiger partial charge in [-0.2, -0.15) is 9.97 Å². The van der Waals surface area contributed by atoms with Crippen molar-refractivity contribution in [2.75, 3.05) is 25.3 Å². The molecule has 0 aliphatic carbocycles. The largest absolute Gasteiger partial charge is 0.467 e. The van der Waals surface area contributed by atoms with Gasteiger partial charge in [0, 0.05) is 0 Å². The molecule has 0 radical (unpaired) electrons. The molecule has 0 atom stereocenters. The molecule has 0 fully saturated rings. The van der Waals surface area contributed by atoms with Crippen molar-refractivity contribution in [2.45, 2.75) is 0 Å². The topological polar surface area (TPSA) is 95.2 Å². The Morgan fingerprint density at radius 3 is 2.17 bits per heavy atom. The molecule has 18 heavy (non-hydrogen) atoms. The summed E-state index contributed by atoms with van der Waals surface area (Å²) >= 11 is 0. The van der Waals surface area contributed by atoms with Crippen molar-refractivity contribution in [3.05, 3.63) is 24.3 Å². The summed E-state index contributed by atoms with van der Waals surface area (Å²) in [5.41, 5.74) is 7.11. The predicted molar refractivity (Wildman–Crippen MR) is 67.1 cm³/mol. The number of nitrogens with one attached hydrogen (secondary N) is 1. The van der Waals surface area contributed by atoms with Gasteiger partial charge in [0.2, 0.25) is 5.95 Å². The molecule has 0 spiro atoms. The lowest BCUT2D eigenvalue weighted by Gasteiger charge is -2.08. The molecule has 0 saturated heterocycles. The van der Waals surface area contributed by atoms with Crippen molar-refractivity contribution in [3.63, 3.8) is 0 Å². The van der Waals surface area contributed by atoms with Crippen molar-refractivity contribution in [1.29, 1.82) is 0 Å². The standard InChI is InChI=1S/C11H13N5O2/c1-17-10-14-9(15-11(16-10)18-2)13-8-6-4-3-5-7(8)12/h3-6H,12H2,1-2H3,(H,13,14,15,16). The molecule has 1 heterocycles. The summed E-state index contributed by atoms with van der Waals surface area (Å²) in [6, 6.07) is 7.62. The Bertz CT molecular complexity index is 524. The number of aromatic nitrogens is 3. The molecule has 2 aromatic rings. The van der Waals surface area contributed by atoms with Crippen molar-refractivity contribution in [3.8, 4) is 12.0 Å². The van der Waals surface area contributed by atoms with E-state index in [2.05, 4.69) is 20.3 Å². The average molecular weight is 247 g/mol. The predicted octanol–water partition coefficient (Wildman–Crippen LogP) is 1.21. The number of hydrogen-bond donors (Lipinski definition) is 2. The SMILES string of the molecule is COc1nc(Nc2ccccc2N)nc(OC)n1. The van der Waals surface area contributed by atoms with E-state index in [1.807, 2.05) is 18.2 Å². The van der Waals surface area contributed by atoms with Gasteiger partial charge in [-0.3, -0.25) is 0 Å². The number of nitrogen functional groups attached to an aromatic ring is 1. The highest BCUT2D eigenvalue weighted by atomic mass is 16.5. The minimum atomic E-state index is 0.166. The highest BCUT2D eigenvalue weighted by Gasteiger charge is 2.08. The molecule has 94 valence electrons. The van der Waals surface area contributed by atoms with Crippen LogP contribution in [0.3, 0.4) is 0 Å². The van der Waals surface area contributed by atoms with Crippen molar-refractivity contribution in [2.24, 2.45) is 0 Å². The molecule has 1 aromatic heterocycles. The van der Waals surface area contributed by atoms with Gasteiger partial charge in [-0.05, 0) is 12.1 Å². The lowest BCUT2D eigenvalue weighted by Crippen LogP contribution is -2.04. The van der Waals surface area contributed by atoms with Crippen LogP contribution < -0.4 is 20.5 Å². The van der Waals surface area contributed by atoms with Crippen LogP contribution in [0, 0.1) is 0 Å². The summed E-state index contributed by atoms with van der Waals surface area (Å²) in [6.45, 7) is 0. The zero-order chi connectivity index (χ0) is 13.0. The minimum Gasteiger partial charge on any atom is -0.467 e. The molecule has 0 bridgehead atoms. The molecule has 3 N–H and O–H groups in total. The van der Waals surface area contributed by atoms with Crippen LogP contribution in [-0.4, -0.2) is 29.2 Å². The van der Waals surface area contributed by atoms with Gasteiger partial charge in [0.15, 0.2) is 0 Å². The maximum Gasteiger partial charge on any atom is 0.324 e. The lowest BCUT2D eigenvalue weighted by atomic mass is 10.3. The van der Waals surface area contributed by atoms with Crippen LogP contribution in [0.5, 0.6) is 12.0 Å². The third-order valence-corrected chi connectivity index (χ3v) is 2.17. The third kappa shape index (κ3) is 2.57. The molecular formula is C11H13N5O2. The number of hydrogen-bond acceptors (Lipinski definition) is 7. The Balaban J connectivity index is 2.31. The number of benzene rings is 1. The van der Waals surface area contributed by atoms with E-state index in [0.717, 1.165) is 0 Å². The summed E-state index contributed by atoms with van der Waals surface area (Å²) < 4.78 is 9.90. The number of methoxy groups -OCH3 is 2. The highest BCUT2D eigenvalue weighted by Crippen LogP contribution is 2.22. The van der Waals surface area contributed by atoms with Crippen LogP contribution in [0.4, 0.5) is 17.3 Å². The number of anilines is 3. The smallest absolute Gasteiger partial charge is 0.324 e. The van der Waals surface area contributed by atoms with E-state index in [9.17, 15) is 0 Å². The second-order valence-electron chi connectivity index (χ2n) is 3.34. The van der Waals surface area contributed by atoms with Gasteiger partial charge in [-0.15, -0.1) is 4.98 Å². The summed E-state index contributed by atoms with van der Waals surface area (Å²) in [4.78, 5) is 12.0. The van der Waals surface area contributed by atoms with Crippen LogP contribution in [0.25, 0.3) is 0 Å². The molecular weight excluding hydrogens is 234 g/mol. The van der Waals surface area contributed by atoms with Crippen molar-refractivity contribution < 1.29 is 9.47 Å². The van der Waals surface area contributed by atoms with Gasteiger partial charge in [0.25, 0.3) is 0 Å². The van der Waals surface area contributed by atoms with Crippen LogP contribution in [0.15, 0.2) is 24.3 Å². The van der Waals surface area contributed by atoms with E-state index in [0.29, 0.717) is 17.3 Å². The van der Waals surface area contributed by atoms with E-state index in [-0.39, 0.29) is 12.0 Å². The van der Waals surface area contributed by atoms with Crippen LogP contribution >= 0.6 is 0 Å². The molecule has 1 aromatic carbocycles. The quantitative estimate of drug-likeness (QED) is 0.784. The third-order valence-electron chi connectivity index (χ3n) is 2.17. The lowest BCUT2D eigenvalue weighted by molar-refractivity contribution is 0.341. The maximum absolute atomic E-state index is 5.81. The second kappa shape index (κ2) is 5.17. The summed E-state index contributed by atoms with van der Waals surface area (Å²) in [7, 11) is 2.94. The number of rotatable bonds is 4. The van der Waals surface area contributed by atoms with E-state index in [4.69, 9.17) is 15.2 Å². The van der Waals surface area contributed by atoms with Gasteiger partial charge in [0.1, 0.15) is 0 Å². The van der Waals surface area contributed by atoms with Crippen molar-refractivity contribution >= 4 is 17.3 Å². The summed E-state index contributed by atoms with van der Waals surface area (Å²) in [5.74, 6) is 0.302. The monoisotopic (exact) mass is 247 g/mol. The number of para-hydroxylation sites is 2. The maximum atomic E-state index is 5.81. The van der Waals surface area contributed by atoms with Gasteiger partial charge >= 0.3 is 12.0 Å². The van der Waals surface area contributed by atoms with E-state index in [1.165, 1.54) is 14.2 Å². The zero-order valence-electron chi connectivity index (χ0n) is 10.0. The molecule has 0 saturated carbocycles. The highest BCUT2D eigenvalue weighted by molar-refractivity contribution is 5.69. The number of nitrogens with two attached hydrogens (primary N) is 1. The second-order valence-corrected chi connectivity index (χ2v) is 3.34. The van der Waals surface area contributed by atoms with Crippen molar-refractivity contribution in [1.82, 2.24) is 15.0 Å². The van der Waals surface area contributed by atoms with Crippen LogP contribution in [0.1, 0.15) is 0 Å². The number of nitrogens with zero attached hydrogens (tertiary/aromatic N) is 3. The molecule has 0 aliphatic heterocycles. The first-order valence-electron chi connectivity index (χ1n) is 5.18. The first kappa shape index (κ1) is 11.9. The Hall–Kier alpha value is -2.57. The molecule has 2 rings (SSSR count). The molecule has 7 nitrogen and oxygen atoms in total. The Morgan fingerprint density at radius 2 is 1.61 bits per heavy atom. The van der Waals surface area contributed by atoms with Gasteiger partial charge in [-0.1, -0.05) is 12.1 Å². The van der Waals surface area contributed by atoms with Gasteiger partial charge in [0.05, 0.1) is 25.6 Å². The van der Waals surface area contributed by atoms with Gasteiger partial charge in [-0.25, -0.2) is 0 Å². The fourth-order valence-electron chi connectivity index (χ4n) is 1.31. The Labute approximate surface area is 104 Å². The fraction of sp³-hybridized carbons (Fsp3) is 0.182. The van der Waals surface area contributed by atoms with E-state index >= 15 is 0 Å². The molecule has 0 amide bonds. The summed E-state index contributed by atoms with van der Waals surface area (Å²) in [5, 5.41) is 2.97. The van der Waals surface area contributed by atoms with Gasteiger partial charge < -0.3 is 20.5 Å². The molecule has 0 aliphatic rings. The Kier molecular flexibility index (Phi) is 3.42. The first-order chi connectivity index (χ1) is 8.72. The Morgan fingerprint density at radius 1 is 1.00 bits per heavy atom. The van der Waals surface area contributed by atoms with E-state index in [1.54, 1.807) is 6.07 Å². The minimum absolute atomic E-state index is 0.166. The van der Waals surface area contributed by atoms with E-state index < -0.39 is 0 Å². The molecule has 0 unspecified atom stereocenters.